The van der Waals surface area contributed by atoms with Crippen molar-refractivity contribution < 1.29 is 0 Å². The van der Waals surface area contributed by atoms with Crippen LogP contribution >= 0.6 is 0 Å². The van der Waals surface area contributed by atoms with Crippen molar-refractivity contribution in [3.05, 3.63) is 30.5 Å². The van der Waals surface area contributed by atoms with Crippen molar-refractivity contribution in [3.8, 4) is 0 Å². The Morgan fingerprint density at radius 1 is 1.26 bits per heavy atom. The molecule has 3 rings (SSSR count). The first kappa shape index (κ1) is 12.4. The predicted molar refractivity (Wildman–Crippen MR) is 78.1 cm³/mol. The van der Waals surface area contributed by atoms with E-state index >= 15 is 0 Å². The highest BCUT2D eigenvalue weighted by Gasteiger charge is 2.25. The minimum absolute atomic E-state index is 0.512. The molecule has 4 heteroatoms. The summed E-state index contributed by atoms with van der Waals surface area (Å²) < 4.78 is 0. The highest BCUT2D eigenvalue weighted by Crippen LogP contribution is 2.26. The summed E-state index contributed by atoms with van der Waals surface area (Å²) in [4.78, 5) is 11.6. The monoisotopic (exact) mass is 256 g/mol. The number of anilines is 1. The highest BCUT2D eigenvalue weighted by molar-refractivity contribution is 5.75. The smallest absolute Gasteiger partial charge is 0.148 e. The molecule has 2 N–H and O–H groups in total. The number of benzene rings is 1. The molecule has 2 unspecified atom stereocenters. The molecular formula is C15H20N4. The van der Waals surface area contributed by atoms with E-state index in [9.17, 15) is 0 Å². The molecule has 0 radical (unpaired) electrons. The molecule has 2 atom stereocenters. The van der Waals surface area contributed by atoms with E-state index in [1.807, 2.05) is 30.5 Å². The number of rotatable bonds is 2. The minimum Gasteiger partial charge on any atom is -0.352 e. The van der Waals surface area contributed by atoms with Crippen molar-refractivity contribution in [1.82, 2.24) is 9.97 Å². The van der Waals surface area contributed by atoms with Crippen molar-refractivity contribution in [3.63, 3.8) is 0 Å². The van der Waals surface area contributed by atoms with Gasteiger partial charge in [0.1, 0.15) is 5.82 Å². The molecular weight excluding hydrogens is 236 g/mol. The van der Waals surface area contributed by atoms with Crippen LogP contribution < -0.4 is 10.6 Å². The van der Waals surface area contributed by atoms with E-state index in [-0.39, 0.29) is 0 Å². The van der Waals surface area contributed by atoms with E-state index in [4.69, 9.17) is 10.7 Å². The van der Waals surface area contributed by atoms with Gasteiger partial charge in [0.15, 0.2) is 0 Å². The van der Waals surface area contributed by atoms with E-state index in [1.165, 1.54) is 12.8 Å². The highest BCUT2D eigenvalue weighted by atomic mass is 15.2. The predicted octanol–water partition coefficient (Wildman–Crippen LogP) is 2.19. The molecule has 1 aliphatic rings. The average molecular weight is 256 g/mol. The summed E-state index contributed by atoms with van der Waals surface area (Å²) in [7, 11) is 0. The van der Waals surface area contributed by atoms with E-state index in [1.54, 1.807) is 0 Å². The van der Waals surface area contributed by atoms with E-state index in [2.05, 4.69) is 16.8 Å². The molecule has 1 aromatic carbocycles. The Bertz CT molecular complexity index is 569. The number of nitrogens with two attached hydrogens (primary N) is 1. The largest absolute Gasteiger partial charge is 0.352 e. The molecule has 0 aliphatic carbocycles. The molecule has 1 aromatic heterocycles. The Kier molecular flexibility index (Phi) is 3.34. The molecule has 0 amide bonds. The summed E-state index contributed by atoms with van der Waals surface area (Å²) in [6.07, 6.45) is 4.28. The maximum Gasteiger partial charge on any atom is 0.148 e. The third kappa shape index (κ3) is 2.40. The SMILES string of the molecule is CC1CCC(CN)CN1c1cnc2ccccc2n1. The van der Waals surface area contributed by atoms with Gasteiger partial charge in [0.05, 0.1) is 17.2 Å². The summed E-state index contributed by atoms with van der Waals surface area (Å²) in [5, 5.41) is 0. The van der Waals surface area contributed by atoms with E-state index in [0.29, 0.717) is 12.0 Å². The van der Waals surface area contributed by atoms with Crippen LogP contribution in [0.1, 0.15) is 19.8 Å². The van der Waals surface area contributed by atoms with Crippen molar-refractivity contribution >= 4 is 16.9 Å². The minimum atomic E-state index is 0.512. The first-order chi connectivity index (χ1) is 9.28. The lowest BCUT2D eigenvalue weighted by molar-refractivity contribution is 0.372. The molecule has 19 heavy (non-hydrogen) atoms. The third-order valence-electron chi connectivity index (χ3n) is 4.04. The van der Waals surface area contributed by atoms with Crippen LogP contribution in [-0.2, 0) is 0 Å². The molecule has 2 heterocycles. The molecule has 1 saturated heterocycles. The molecule has 1 fully saturated rings. The average Bonchev–Trinajstić information content (AvgIpc) is 2.47. The second kappa shape index (κ2) is 5.13. The summed E-state index contributed by atoms with van der Waals surface area (Å²) in [6, 6.07) is 8.52. The van der Waals surface area contributed by atoms with Crippen molar-refractivity contribution in [1.29, 1.82) is 0 Å². The van der Waals surface area contributed by atoms with Crippen LogP contribution in [0.3, 0.4) is 0 Å². The third-order valence-corrected chi connectivity index (χ3v) is 4.04. The molecule has 0 spiro atoms. The Morgan fingerprint density at radius 3 is 2.84 bits per heavy atom. The van der Waals surface area contributed by atoms with Crippen LogP contribution in [0.15, 0.2) is 30.5 Å². The first-order valence-electron chi connectivity index (χ1n) is 6.96. The number of fused-ring (bicyclic) bond motifs is 1. The van der Waals surface area contributed by atoms with Gasteiger partial charge < -0.3 is 10.6 Å². The zero-order chi connectivity index (χ0) is 13.2. The zero-order valence-corrected chi connectivity index (χ0v) is 11.3. The van der Waals surface area contributed by atoms with Crippen LogP contribution in [-0.4, -0.2) is 29.1 Å². The van der Waals surface area contributed by atoms with Gasteiger partial charge in [0.2, 0.25) is 0 Å². The standard InChI is InChI=1S/C15H20N4/c1-11-6-7-12(8-16)10-19(11)15-9-17-13-4-2-3-5-14(13)18-15/h2-5,9,11-12H,6-8,10,16H2,1H3. The number of aromatic nitrogens is 2. The van der Waals surface area contributed by atoms with Crippen molar-refractivity contribution in [2.24, 2.45) is 11.7 Å². The number of piperidine rings is 1. The van der Waals surface area contributed by atoms with Crippen LogP contribution in [0.2, 0.25) is 0 Å². The second-order valence-electron chi connectivity index (χ2n) is 5.40. The maximum absolute atomic E-state index is 5.82. The van der Waals surface area contributed by atoms with Crippen LogP contribution in [0.4, 0.5) is 5.82 Å². The first-order valence-corrected chi connectivity index (χ1v) is 6.96. The zero-order valence-electron chi connectivity index (χ0n) is 11.3. The van der Waals surface area contributed by atoms with E-state index in [0.717, 1.165) is 29.9 Å². The van der Waals surface area contributed by atoms with Crippen molar-refractivity contribution in [2.75, 3.05) is 18.0 Å². The Morgan fingerprint density at radius 2 is 2.05 bits per heavy atom. The molecule has 2 aromatic rings. The van der Waals surface area contributed by atoms with Gasteiger partial charge in [-0.1, -0.05) is 12.1 Å². The Hall–Kier alpha value is -1.68. The number of hydrogen-bond acceptors (Lipinski definition) is 4. The normalized spacial score (nSPS) is 23.8. The quantitative estimate of drug-likeness (QED) is 0.895. The molecule has 0 saturated carbocycles. The Balaban J connectivity index is 1.93. The lowest BCUT2D eigenvalue weighted by atomic mass is 9.93. The van der Waals surface area contributed by atoms with Gasteiger partial charge in [-0.3, -0.25) is 4.98 Å². The Labute approximate surface area is 113 Å². The van der Waals surface area contributed by atoms with E-state index < -0.39 is 0 Å². The van der Waals surface area contributed by atoms with Gasteiger partial charge in [0, 0.05) is 12.6 Å². The lowest BCUT2D eigenvalue weighted by Gasteiger charge is -2.38. The van der Waals surface area contributed by atoms with Gasteiger partial charge in [-0.15, -0.1) is 0 Å². The van der Waals surface area contributed by atoms with Crippen LogP contribution in [0.5, 0.6) is 0 Å². The molecule has 4 nitrogen and oxygen atoms in total. The fraction of sp³-hybridized carbons (Fsp3) is 0.467. The van der Waals surface area contributed by atoms with Crippen LogP contribution in [0, 0.1) is 5.92 Å². The number of para-hydroxylation sites is 2. The van der Waals surface area contributed by atoms with Gasteiger partial charge in [-0.05, 0) is 44.4 Å². The molecule has 0 bridgehead atoms. The lowest BCUT2D eigenvalue weighted by Crippen LogP contribution is -2.44. The van der Waals surface area contributed by atoms with Gasteiger partial charge >= 0.3 is 0 Å². The van der Waals surface area contributed by atoms with Gasteiger partial charge in [-0.2, -0.15) is 0 Å². The van der Waals surface area contributed by atoms with Gasteiger partial charge in [0.25, 0.3) is 0 Å². The fourth-order valence-electron chi connectivity index (χ4n) is 2.78. The summed E-state index contributed by atoms with van der Waals surface area (Å²) in [5.41, 5.74) is 7.73. The topological polar surface area (TPSA) is 55.0 Å². The fourth-order valence-corrected chi connectivity index (χ4v) is 2.78. The summed E-state index contributed by atoms with van der Waals surface area (Å²) in [6.45, 7) is 4.00. The maximum atomic E-state index is 5.82. The molecule has 100 valence electrons. The van der Waals surface area contributed by atoms with Crippen molar-refractivity contribution in [2.45, 2.75) is 25.8 Å². The summed E-state index contributed by atoms with van der Waals surface area (Å²) >= 11 is 0. The molecule has 1 aliphatic heterocycles. The van der Waals surface area contributed by atoms with Crippen LogP contribution in [0.25, 0.3) is 11.0 Å². The number of nitrogens with zero attached hydrogens (tertiary/aromatic N) is 3. The number of hydrogen-bond donors (Lipinski definition) is 1. The second-order valence-corrected chi connectivity index (χ2v) is 5.40. The summed E-state index contributed by atoms with van der Waals surface area (Å²) in [5.74, 6) is 1.55. The van der Waals surface area contributed by atoms with Gasteiger partial charge in [-0.25, -0.2) is 4.98 Å².